The summed E-state index contributed by atoms with van der Waals surface area (Å²) in [4.78, 5) is 2.84. The number of nitrogens with zero attached hydrogens (tertiary/aromatic N) is 1. The molecule has 1 N–H and O–H groups in total. The number of benzene rings is 2. The van der Waals surface area contributed by atoms with Crippen molar-refractivity contribution in [2.75, 3.05) is 18.5 Å². The molecule has 1 aliphatic rings. The van der Waals surface area contributed by atoms with Gasteiger partial charge in [-0.2, -0.15) is 0 Å². The Hall–Kier alpha value is -1.85. The van der Waals surface area contributed by atoms with Crippen molar-refractivity contribution in [3.63, 3.8) is 0 Å². The SMILES string of the molecule is CNC(C)CN1c2ccccc2S(=O)(=O)c2ccccc21. The van der Waals surface area contributed by atoms with Gasteiger partial charge in [-0.05, 0) is 38.2 Å². The zero-order valence-electron chi connectivity index (χ0n) is 12.1. The van der Waals surface area contributed by atoms with Crippen molar-refractivity contribution in [3.05, 3.63) is 48.5 Å². The van der Waals surface area contributed by atoms with Crippen molar-refractivity contribution in [2.45, 2.75) is 22.8 Å². The van der Waals surface area contributed by atoms with Crippen molar-refractivity contribution in [1.82, 2.24) is 5.32 Å². The maximum atomic E-state index is 12.8. The highest BCUT2D eigenvalue weighted by atomic mass is 32.2. The Morgan fingerprint density at radius 2 is 1.48 bits per heavy atom. The fourth-order valence-corrected chi connectivity index (χ4v) is 4.28. The number of sulfone groups is 1. The summed E-state index contributed by atoms with van der Waals surface area (Å²) >= 11 is 0. The summed E-state index contributed by atoms with van der Waals surface area (Å²) in [5.41, 5.74) is 1.50. The lowest BCUT2D eigenvalue weighted by molar-refractivity contribution is 0.586. The van der Waals surface area contributed by atoms with Crippen LogP contribution in [0.4, 0.5) is 11.4 Å². The van der Waals surface area contributed by atoms with Crippen LogP contribution in [0.25, 0.3) is 0 Å². The van der Waals surface area contributed by atoms with Crippen LogP contribution in [0.15, 0.2) is 58.3 Å². The van der Waals surface area contributed by atoms with Gasteiger partial charge in [0.05, 0.1) is 21.2 Å². The number of anilines is 2. The van der Waals surface area contributed by atoms with Gasteiger partial charge in [0.25, 0.3) is 0 Å². The Kier molecular flexibility index (Phi) is 3.47. The molecule has 0 aromatic heterocycles. The van der Waals surface area contributed by atoms with Crippen LogP contribution in [0, 0.1) is 0 Å². The van der Waals surface area contributed by atoms with Gasteiger partial charge in [0.2, 0.25) is 9.84 Å². The maximum absolute atomic E-state index is 12.8. The summed E-state index contributed by atoms with van der Waals surface area (Å²) < 4.78 is 25.5. The van der Waals surface area contributed by atoms with Crippen LogP contribution in [0.3, 0.4) is 0 Å². The molecule has 0 spiro atoms. The average molecular weight is 302 g/mol. The van der Waals surface area contributed by atoms with Crippen molar-refractivity contribution < 1.29 is 8.42 Å². The van der Waals surface area contributed by atoms with Crippen LogP contribution >= 0.6 is 0 Å². The van der Waals surface area contributed by atoms with Gasteiger partial charge in [-0.15, -0.1) is 0 Å². The molecule has 4 nitrogen and oxygen atoms in total. The monoisotopic (exact) mass is 302 g/mol. The summed E-state index contributed by atoms with van der Waals surface area (Å²) in [6, 6.07) is 14.6. The van der Waals surface area contributed by atoms with Crippen LogP contribution in [-0.2, 0) is 9.84 Å². The number of nitrogens with one attached hydrogen (secondary N) is 1. The van der Waals surface area contributed by atoms with Crippen molar-refractivity contribution in [3.8, 4) is 0 Å². The first-order valence-electron chi connectivity index (χ1n) is 6.93. The fraction of sp³-hybridized carbons (Fsp3) is 0.250. The molecule has 0 radical (unpaired) electrons. The molecule has 1 heterocycles. The lowest BCUT2D eigenvalue weighted by Gasteiger charge is -2.34. The summed E-state index contributed by atoms with van der Waals surface area (Å²) in [6.07, 6.45) is 0. The van der Waals surface area contributed by atoms with E-state index in [2.05, 4.69) is 17.1 Å². The van der Waals surface area contributed by atoms with Crippen LogP contribution in [-0.4, -0.2) is 28.1 Å². The number of fused-ring (bicyclic) bond motifs is 2. The third-order valence-electron chi connectivity index (χ3n) is 3.84. The molecule has 2 aromatic rings. The summed E-state index contributed by atoms with van der Waals surface area (Å²) in [7, 11) is -1.53. The van der Waals surface area contributed by atoms with E-state index in [-0.39, 0.29) is 6.04 Å². The Morgan fingerprint density at radius 1 is 1.00 bits per heavy atom. The van der Waals surface area contributed by atoms with Crippen LogP contribution in [0.5, 0.6) is 0 Å². The molecule has 0 aliphatic carbocycles. The minimum Gasteiger partial charge on any atom is -0.338 e. The van der Waals surface area contributed by atoms with Gasteiger partial charge in [-0.25, -0.2) is 8.42 Å². The van der Waals surface area contributed by atoms with Gasteiger partial charge in [-0.3, -0.25) is 0 Å². The molecule has 0 bridgehead atoms. The second kappa shape index (κ2) is 5.16. The van der Waals surface area contributed by atoms with E-state index in [1.165, 1.54) is 0 Å². The largest absolute Gasteiger partial charge is 0.338 e. The summed E-state index contributed by atoms with van der Waals surface area (Å²) in [6.45, 7) is 2.79. The molecular weight excluding hydrogens is 284 g/mol. The Morgan fingerprint density at radius 3 is 1.95 bits per heavy atom. The molecule has 0 amide bonds. The van der Waals surface area contributed by atoms with E-state index in [1.54, 1.807) is 24.3 Å². The van der Waals surface area contributed by atoms with E-state index in [4.69, 9.17) is 0 Å². The Bertz CT molecular complexity index is 718. The lowest BCUT2D eigenvalue weighted by Crippen LogP contribution is -2.37. The molecular formula is C16H18N2O2S. The minimum atomic E-state index is -3.44. The molecule has 5 heteroatoms. The van der Waals surface area contributed by atoms with E-state index < -0.39 is 9.84 Å². The number of hydrogen-bond acceptors (Lipinski definition) is 4. The fourth-order valence-electron chi connectivity index (χ4n) is 2.62. The standard InChI is InChI=1S/C16H18N2O2S/c1-12(17-2)11-18-13-7-3-5-9-15(13)21(19,20)16-10-6-4-8-14(16)18/h3-10,12,17H,11H2,1-2H3. The normalized spacial score (nSPS) is 17.0. The Balaban J connectivity index is 2.24. The molecule has 0 fully saturated rings. The second-order valence-electron chi connectivity index (χ2n) is 5.24. The van der Waals surface area contributed by atoms with E-state index in [9.17, 15) is 8.42 Å². The van der Waals surface area contributed by atoms with Crippen molar-refractivity contribution in [2.24, 2.45) is 0 Å². The number of hydrogen-bond donors (Lipinski definition) is 1. The quantitative estimate of drug-likeness (QED) is 0.947. The van der Waals surface area contributed by atoms with Gasteiger partial charge in [0, 0.05) is 12.6 Å². The number of para-hydroxylation sites is 2. The predicted molar refractivity (Wildman–Crippen MR) is 83.9 cm³/mol. The van der Waals surface area contributed by atoms with E-state index in [0.29, 0.717) is 16.3 Å². The van der Waals surface area contributed by atoms with Gasteiger partial charge in [-0.1, -0.05) is 24.3 Å². The molecule has 21 heavy (non-hydrogen) atoms. The molecule has 0 saturated carbocycles. The van der Waals surface area contributed by atoms with E-state index in [1.807, 2.05) is 31.3 Å². The van der Waals surface area contributed by atoms with Crippen LogP contribution in [0.1, 0.15) is 6.92 Å². The van der Waals surface area contributed by atoms with Crippen LogP contribution in [0.2, 0.25) is 0 Å². The number of likely N-dealkylation sites (N-methyl/N-ethyl adjacent to an activating group) is 1. The highest BCUT2D eigenvalue weighted by molar-refractivity contribution is 7.92. The number of rotatable bonds is 3. The molecule has 0 saturated heterocycles. The highest BCUT2D eigenvalue weighted by Gasteiger charge is 2.33. The van der Waals surface area contributed by atoms with E-state index >= 15 is 0 Å². The molecule has 110 valence electrons. The highest BCUT2D eigenvalue weighted by Crippen LogP contribution is 2.43. The minimum absolute atomic E-state index is 0.243. The first-order chi connectivity index (χ1) is 10.1. The molecule has 3 rings (SSSR count). The zero-order chi connectivity index (χ0) is 15.0. The maximum Gasteiger partial charge on any atom is 0.210 e. The summed E-state index contributed by atoms with van der Waals surface area (Å²) in [5, 5.41) is 3.20. The zero-order valence-corrected chi connectivity index (χ0v) is 12.9. The lowest BCUT2D eigenvalue weighted by atomic mass is 10.2. The third-order valence-corrected chi connectivity index (χ3v) is 5.69. The average Bonchev–Trinajstić information content (AvgIpc) is 2.51. The third kappa shape index (κ3) is 2.22. The van der Waals surface area contributed by atoms with Crippen LogP contribution < -0.4 is 10.2 Å². The molecule has 1 atom stereocenters. The molecule has 2 aromatic carbocycles. The first kappa shape index (κ1) is 14.1. The van der Waals surface area contributed by atoms with Gasteiger partial charge in [0.1, 0.15) is 0 Å². The van der Waals surface area contributed by atoms with E-state index in [0.717, 1.165) is 11.4 Å². The van der Waals surface area contributed by atoms with Gasteiger partial charge in [0.15, 0.2) is 0 Å². The van der Waals surface area contributed by atoms with Crippen molar-refractivity contribution >= 4 is 21.2 Å². The predicted octanol–water partition coefficient (Wildman–Crippen LogP) is 2.58. The Labute approximate surface area is 125 Å². The van der Waals surface area contributed by atoms with Gasteiger partial charge >= 0.3 is 0 Å². The van der Waals surface area contributed by atoms with Crippen molar-refractivity contribution in [1.29, 1.82) is 0 Å². The molecule has 1 unspecified atom stereocenters. The second-order valence-corrected chi connectivity index (χ2v) is 7.13. The summed E-state index contributed by atoms with van der Waals surface area (Å²) in [5.74, 6) is 0. The topological polar surface area (TPSA) is 49.4 Å². The molecule has 1 aliphatic heterocycles. The first-order valence-corrected chi connectivity index (χ1v) is 8.42. The van der Waals surface area contributed by atoms with Gasteiger partial charge < -0.3 is 10.2 Å². The smallest absolute Gasteiger partial charge is 0.210 e.